The minimum atomic E-state index is -0.311. The molecular weight excluding hydrogens is 436 g/mol. The third-order valence-corrected chi connectivity index (χ3v) is 5.73. The van der Waals surface area contributed by atoms with Crippen LogP contribution in [0.2, 0.25) is 0 Å². The molecule has 0 aliphatic rings. The Kier molecular flexibility index (Phi) is 6.80. The Bertz CT molecular complexity index is 1270. The van der Waals surface area contributed by atoms with Crippen molar-refractivity contribution < 1.29 is 19.1 Å². The fourth-order valence-electron chi connectivity index (χ4n) is 3.23. The number of methoxy groups -OCH3 is 1. The maximum absolute atomic E-state index is 12.6. The highest BCUT2D eigenvalue weighted by Crippen LogP contribution is 2.26. The summed E-state index contributed by atoms with van der Waals surface area (Å²) in [6.07, 6.45) is 0. The Morgan fingerprint density at radius 3 is 2.42 bits per heavy atom. The van der Waals surface area contributed by atoms with E-state index in [1.54, 1.807) is 37.4 Å². The normalized spacial score (nSPS) is 10.5. The van der Waals surface area contributed by atoms with Crippen LogP contribution in [0.15, 0.2) is 78.2 Å². The van der Waals surface area contributed by atoms with Gasteiger partial charge in [0, 0.05) is 22.1 Å². The molecule has 0 atom stereocenters. The quantitative estimate of drug-likeness (QED) is 0.359. The molecule has 0 unspecified atom stereocenters. The molecule has 7 heteroatoms. The van der Waals surface area contributed by atoms with Crippen LogP contribution in [0.3, 0.4) is 0 Å². The molecule has 1 aromatic heterocycles. The van der Waals surface area contributed by atoms with E-state index in [4.69, 9.17) is 9.47 Å². The summed E-state index contributed by atoms with van der Waals surface area (Å²) in [5.74, 6) is 0.953. The van der Waals surface area contributed by atoms with Crippen LogP contribution in [0, 0.1) is 6.92 Å². The molecule has 4 rings (SSSR count). The van der Waals surface area contributed by atoms with Crippen LogP contribution in [-0.2, 0) is 4.79 Å². The highest BCUT2D eigenvalue weighted by atomic mass is 32.1. The average Bonchev–Trinajstić information content (AvgIpc) is 3.31. The zero-order valence-electron chi connectivity index (χ0n) is 18.2. The summed E-state index contributed by atoms with van der Waals surface area (Å²) in [5, 5.41) is 5.14. The van der Waals surface area contributed by atoms with Gasteiger partial charge in [-0.2, -0.15) is 0 Å². The van der Waals surface area contributed by atoms with Crippen molar-refractivity contribution in [3.05, 3.63) is 94.9 Å². The van der Waals surface area contributed by atoms with Crippen molar-refractivity contribution in [1.29, 1.82) is 0 Å². The van der Waals surface area contributed by atoms with Gasteiger partial charge in [-0.05, 0) is 55.0 Å². The van der Waals surface area contributed by atoms with Crippen molar-refractivity contribution in [3.8, 4) is 22.8 Å². The second kappa shape index (κ2) is 10.1. The summed E-state index contributed by atoms with van der Waals surface area (Å²) in [6, 6.07) is 21.8. The molecule has 0 bridgehead atoms. The lowest BCUT2D eigenvalue weighted by atomic mass is 10.0. The molecule has 0 saturated carbocycles. The fourth-order valence-corrected chi connectivity index (χ4v) is 3.97. The van der Waals surface area contributed by atoms with Gasteiger partial charge < -0.3 is 9.47 Å². The number of thiazole rings is 1. The van der Waals surface area contributed by atoms with Crippen LogP contribution >= 0.6 is 11.3 Å². The average molecular weight is 459 g/mol. The van der Waals surface area contributed by atoms with E-state index in [9.17, 15) is 9.59 Å². The number of rotatable bonds is 8. The number of anilines is 1. The third-order valence-electron chi connectivity index (χ3n) is 4.97. The molecule has 1 N–H and O–H groups in total. The van der Waals surface area contributed by atoms with E-state index in [2.05, 4.69) is 10.3 Å². The first-order chi connectivity index (χ1) is 16.0. The Hall–Kier alpha value is -3.97. The summed E-state index contributed by atoms with van der Waals surface area (Å²) >= 11 is 1.34. The third kappa shape index (κ3) is 5.45. The van der Waals surface area contributed by atoms with E-state index in [0.717, 1.165) is 22.6 Å². The van der Waals surface area contributed by atoms with E-state index in [-0.39, 0.29) is 18.3 Å². The molecule has 3 aromatic carbocycles. The van der Waals surface area contributed by atoms with E-state index in [1.165, 1.54) is 11.3 Å². The van der Waals surface area contributed by atoms with Crippen molar-refractivity contribution in [3.63, 3.8) is 0 Å². The molecule has 4 aromatic rings. The van der Waals surface area contributed by atoms with Gasteiger partial charge in [0.05, 0.1) is 12.8 Å². The molecule has 0 saturated heterocycles. The summed E-state index contributed by atoms with van der Waals surface area (Å²) in [7, 11) is 1.62. The summed E-state index contributed by atoms with van der Waals surface area (Å²) in [4.78, 5) is 29.4. The number of hydrogen-bond donors (Lipinski definition) is 1. The second-order valence-electron chi connectivity index (χ2n) is 7.28. The molecule has 0 aliphatic heterocycles. The van der Waals surface area contributed by atoms with E-state index >= 15 is 0 Å². The second-order valence-corrected chi connectivity index (χ2v) is 8.14. The number of amides is 1. The molecule has 1 heterocycles. The minimum absolute atomic E-state index is 0.0561. The van der Waals surface area contributed by atoms with Crippen LogP contribution in [-0.4, -0.2) is 30.4 Å². The Morgan fingerprint density at radius 1 is 0.970 bits per heavy atom. The van der Waals surface area contributed by atoms with Crippen LogP contribution in [0.25, 0.3) is 11.3 Å². The van der Waals surface area contributed by atoms with Crippen molar-refractivity contribution in [2.24, 2.45) is 0 Å². The first-order valence-corrected chi connectivity index (χ1v) is 11.1. The van der Waals surface area contributed by atoms with Gasteiger partial charge in [-0.15, -0.1) is 11.3 Å². The highest BCUT2D eigenvalue weighted by molar-refractivity contribution is 7.14. The van der Waals surface area contributed by atoms with Crippen LogP contribution in [0.1, 0.15) is 21.5 Å². The lowest BCUT2D eigenvalue weighted by molar-refractivity contribution is -0.118. The van der Waals surface area contributed by atoms with Crippen LogP contribution in [0.5, 0.6) is 11.5 Å². The number of benzene rings is 3. The molecule has 0 spiro atoms. The molecule has 166 valence electrons. The summed E-state index contributed by atoms with van der Waals surface area (Å²) < 4.78 is 10.8. The molecule has 0 fully saturated rings. The van der Waals surface area contributed by atoms with Crippen molar-refractivity contribution in [2.75, 3.05) is 19.0 Å². The maximum Gasteiger partial charge on any atom is 0.264 e. The number of carbonyl (C=O) groups is 2. The molecule has 6 nitrogen and oxygen atoms in total. The van der Waals surface area contributed by atoms with Crippen LogP contribution in [0.4, 0.5) is 5.13 Å². The number of ether oxygens (including phenoxy) is 2. The largest absolute Gasteiger partial charge is 0.497 e. The van der Waals surface area contributed by atoms with Crippen LogP contribution < -0.4 is 14.8 Å². The number of ketones is 1. The lowest BCUT2D eigenvalue weighted by Crippen LogP contribution is -2.20. The van der Waals surface area contributed by atoms with Gasteiger partial charge in [0.2, 0.25) is 0 Å². The molecule has 33 heavy (non-hydrogen) atoms. The number of nitrogens with zero attached hydrogens (tertiary/aromatic N) is 1. The van der Waals surface area contributed by atoms with Gasteiger partial charge >= 0.3 is 0 Å². The minimum Gasteiger partial charge on any atom is -0.497 e. The van der Waals surface area contributed by atoms with E-state index in [1.807, 2.05) is 54.8 Å². The number of hydrogen-bond acceptors (Lipinski definition) is 6. The van der Waals surface area contributed by atoms with Gasteiger partial charge in [0.15, 0.2) is 17.5 Å². The predicted molar refractivity (Wildman–Crippen MR) is 129 cm³/mol. The first-order valence-electron chi connectivity index (χ1n) is 10.3. The number of aromatic nitrogens is 1. The molecule has 1 amide bonds. The topological polar surface area (TPSA) is 77.5 Å². The molecular formula is C26H22N2O4S. The van der Waals surface area contributed by atoms with E-state index < -0.39 is 0 Å². The van der Waals surface area contributed by atoms with Gasteiger partial charge in [-0.25, -0.2) is 4.98 Å². The zero-order valence-corrected chi connectivity index (χ0v) is 19.0. The SMILES string of the molecule is COc1ccc(-c2csc(NC(=O)COc3ccc(C(=O)c4ccccc4)cc3C)n2)cc1. The Labute approximate surface area is 195 Å². The number of nitrogens with one attached hydrogen (secondary N) is 1. The zero-order chi connectivity index (χ0) is 23.2. The molecule has 0 radical (unpaired) electrons. The number of carbonyl (C=O) groups excluding carboxylic acids is 2. The first kappa shape index (κ1) is 22.2. The Balaban J connectivity index is 1.34. The monoisotopic (exact) mass is 458 g/mol. The molecule has 0 aliphatic carbocycles. The van der Waals surface area contributed by atoms with Gasteiger partial charge in [0.25, 0.3) is 5.91 Å². The van der Waals surface area contributed by atoms with Crippen molar-refractivity contribution >= 4 is 28.2 Å². The summed E-state index contributed by atoms with van der Waals surface area (Å²) in [6.45, 7) is 1.68. The lowest BCUT2D eigenvalue weighted by Gasteiger charge is -2.10. The van der Waals surface area contributed by atoms with Gasteiger partial charge in [-0.3, -0.25) is 14.9 Å². The highest BCUT2D eigenvalue weighted by Gasteiger charge is 2.13. The summed E-state index contributed by atoms with van der Waals surface area (Å²) in [5.41, 5.74) is 3.69. The Morgan fingerprint density at radius 2 is 1.73 bits per heavy atom. The van der Waals surface area contributed by atoms with Crippen molar-refractivity contribution in [2.45, 2.75) is 6.92 Å². The van der Waals surface area contributed by atoms with E-state index in [0.29, 0.717) is 22.0 Å². The number of aryl methyl sites for hydroxylation is 1. The smallest absolute Gasteiger partial charge is 0.264 e. The van der Waals surface area contributed by atoms with Gasteiger partial charge in [0.1, 0.15) is 11.5 Å². The van der Waals surface area contributed by atoms with Gasteiger partial charge in [-0.1, -0.05) is 30.3 Å². The predicted octanol–water partition coefficient (Wildman–Crippen LogP) is 5.38. The standard InChI is InChI=1S/C26H22N2O4S/c1-17-14-20(25(30)19-6-4-3-5-7-19)10-13-23(17)32-15-24(29)28-26-27-22(16-33-26)18-8-11-21(31-2)12-9-18/h3-14,16H,15H2,1-2H3,(H,27,28,29). The fraction of sp³-hybridized carbons (Fsp3) is 0.115. The van der Waals surface area contributed by atoms with Crippen molar-refractivity contribution in [1.82, 2.24) is 4.98 Å². The maximum atomic E-state index is 12.6.